The second-order valence-corrected chi connectivity index (χ2v) is 6.22. The van der Waals surface area contributed by atoms with Crippen molar-refractivity contribution in [2.75, 3.05) is 26.2 Å². The predicted molar refractivity (Wildman–Crippen MR) is 88.0 cm³/mol. The lowest BCUT2D eigenvalue weighted by Gasteiger charge is -2.35. The van der Waals surface area contributed by atoms with Gasteiger partial charge in [-0.05, 0) is 24.6 Å². The van der Waals surface area contributed by atoms with Gasteiger partial charge in [0.15, 0.2) is 0 Å². The van der Waals surface area contributed by atoms with Gasteiger partial charge in [-0.15, -0.1) is 0 Å². The summed E-state index contributed by atoms with van der Waals surface area (Å²) in [6, 6.07) is 7.62. The van der Waals surface area contributed by atoms with Crippen molar-refractivity contribution in [3.05, 3.63) is 47.5 Å². The first kappa shape index (κ1) is 16.0. The first-order valence-electron chi connectivity index (χ1n) is 7.73. The lowest BCUT2D eigenvalue weighted by atomic mass is 10.2. The molecule has 0 spiro atoms. The molecule has 23 heavy (non-hydrogen) atoms. The quantitative estimate of drug-likeness (QED) is 0.856. The number of halogens is 1. The van der Waals surface area contributed by atoms with Crippen LogP contribution in [0.15, 0.2) is 36.9 Å². The Hall–Kier alpha value is -1.92. The van der Waals surface area contributed by atoms with E-state index in [-0.39, 0.29) is 11.9 Å². The molecule has 1 aliphatic heterocycles. The monoisotopic (exact) mass is 333 g/mol. The molecule has 1 atom stereocenters. The second kappa shape index (κ2) is 7.10. The third-order valence-electron chi connectivity index (χ3n) is 4.19. The Morgan fingerprint density at radius 2 is 1.91 bits per heavy atom. The first-order valence-corrected chi connectivity index (χ1v) is 8.11. The number of carbonyl (C=O) groups is 1. The van der Waals surface area contributed by atoms with Crippen molar-refractivity contribution in [2.45, 2.75) is 19.5 Å². The van der Waals surface area contributed by atoms with Crippen LogP contribution >= 0.6 is 11.6 Å². The molecule has 122 valence electrons. The van der Waals surface area contributed by atoms with Crippen molar-refractivity contribution in [2.24, 2.45) is 0 Å². The lowest BCUT2D eigenvalue weighted by Crippen LogP contribution is -2.49. The van der Waals surface area contributed by atoms with Gasteiger partial charge in [0.05, 0.1) is 0 Å². The molecule has 0 radical (unpaired) electrons. The van der Waals surface area contributed by atoms with Crippen LogP contribution in [-0.4, -0.2) is 56.7 Å². The van der Waals surface area contributed by atoms with Gasteiger partial charge in [0, 0.05) is 37.7 Å². The maximum absolute atomic E-state index is 12.5. The minimum absolute atomic E-state index is 0.0987. The van der Waals surface area contributed by atoms with Crippen LogP contribution in [0.3, 0.4) is 0 Å². The highest BCUT2D eigenvalue weighted by Gasteiger charge is 2.26. The van der Waals surface area contributed by atoms with Crippen LogP contribution < -0.4 is 0 Å². The van der Waals surface area contributed by atoms with Crippen molar-refractivity contribution < 1.29 is 4.79 Å². The van der Waals surface area contributed by atoms with Crippen LogP contribution in [0, 0.1) is 0 Å². The van der Waals surface area contributed by atoms with Crippen molar-refractivity contribution in [3.63, 3.8) is 0 Å². The molecule has 1 aliphatic rings. The highest BCUT2D eigenvalue weighted by Crippen LogP contribution is 2.15. The Morgan fingerprint density at radius 1 is 1.22 bits per heavy atom. The molecule has 0 unspecified atom stereocenters. The van der Waals surface area contributed by atoms with Crippen LogP contribution in [0.1, 0.15) is 18.5 Å². The van der Waals surface area contributed by atoms with Gasteiger partial charge in [-0.25, -0.2) is 9.67 Å². The number of rotatable bonds is 4. The molecule has 1 aromatic heterocycles. The number of hydrogen-bond donors (Lipinski definition) is 0. The van der Waals surface area contributed by atoms with Gasteiger partial charge in [-0.1, -0.05) is 23.7 Å². The Bertz CT molecular complexity index is 635. The average molecular weight is 334 g/mol. The van der Waals surface area contributed by atoms with Crippen LogP contribution in [0.25, 0.3) is 0 Å². The van der Waals surface area contributed by atoms with Gasteiger partial charge in [-0.2, -0.15) is 5.10 Å². The van der Waals surface area contributed by atoms with Crippen LogP contribution in [0.2, 0.25) is 5.02 Å². The molecular weight excluding hydrogens is 314 g/mol. The normalized spacial score (nSPS) is 17.2. The van der Waals surface area contributed by atoms with Gasteiger partial charge in [0.25, 0.3) is 0 Å². The van der Waals surface area contributed by atoms with Crippen molar-refractivity contribution in [1.82, 2.24) is 24.6 Å². The highest BCUT2D eigenvalue weighted by molar-refractivity contribution is 6.30. The Morgan fingerprint density at radius 3 is 2.52 bits per heavy atom. The third kappa shape index (κ3) is 3.89. The summed E-state index contributed by atoms with van der Waals surface area (Å²) in [5.74, 6) is 0.0987. The molecule has 1 fully saturated rings. The van der Waals surface area contributed by atoms with E-state index in [2.05, 4.69) is 15.0 Å². The SMILES string of the molecule is C[C@@H](C(=O)N1CCN(Cc2ccc(Cl)cc2)CC1)n1cncn1. The van der Waals surface area contributed by atoms with E-state index in [1.165, 1.54) is 11.9 Å². The zero-order valence-electron chi connectivity index (χ0n) is 13.1. The first-order chi connectivity index (χ1) is 11.1. The number of hydrogen-bond acceptors (Lipinski definition) is 4. The molecule has 1 aromatic carbocycles. The van der Waals surface area contributed by atoms with Gasteiger partial charge in [0.1, 0.15) is 18.7 Å². The van der Waals surface area contributed by atoms with Gasteiger partial charge in [-0.3, -0.25) is 9.69 Å². The van der Waals surface area contributed by atoms with Crippen molar-refractivity contribution >= 4 is 17.5 Å². The summed E-state index contributed by atoms with van der Waals surface area (Å²) < 4.78 is 1.60. The molecule has 3 rings (SSSR count). The summed E-state index contributed by atoms with van der Waals surface area (Å²) in [7, 11) is 0. The minimum Gasteiger partial charge on any atom is -0.338 e. The summed E-state index contributed by atoms with van der Waals surface area (Å²) in [5.41, 5.74) is 1.24. The number of aromatic nitrogens is 3. The van der Waals surface area contributed by atoms with Gasteiger partial charge in [0.2, 0.25) is 5.91 Å². The van der Waals surface area contributed by atoms with E-state index in [4.69, 9.17) is 11.6 Å². The van der Waals surface area contributed by atoms with Crippen LogP contribution in [0.4, 0.5) is 0 Å². The Kier molecular flexibility index (Phi) is 4.93. The summed E-state index contributed by atoms with van der Waals surface area (Å²) >= 11 is 5.91. The third-order valence-corrected chi connectivity index (χ3v) is 4.45. The van der Waals surface area contributed by atoms with Gasteiger partial charge >= 0.3 is 0 Å². The fraction of sp³-hybridized carbons (Fsp3) is 0.438. The molecule has 2 heterocycles. The van der Waals surface area contributed by atoms with Gasteiger partial charge < -0.3 is 4.90 Å². The fourth-order valence-electron chi connectivity index (χ4n) is 2.77. The summed E-state index contributed by atoms with van der Waals surface area (Å²) in [6.07, 6.45) is 3.03. The maximum Gasteiger partial charge on any atom is 0.247 e. The minimum atomic E-state index is -0.305. The van der Waals surface area contributed by atoms with E-state index < -0.39 is 0 Å². The predicted octanol–water partition coefficient (Wildman–Crippen LogP) is 1.84. The zero-order chi connectivity index (χ0) is 16.2. The second-order valence-electron chi connectivity index (χ2n) is 5.78. The van der Waals surface area contributed by atoms with Crippen molar-refractivity contribution in [3.8, 4) is 0 Å². The average Bonchev–Trinajstić information content (AvgIpc) is 3.11. The lowest BCUT2D eigenvalue weighted by molar-refractivity contribution is -0.136. The van der Waals surface area contributed by atoms with E-state index in [9.17, 15) is 4.79 Å². The van der Waals surface area contributed by atoms with Crippen LogP contribution in [0.5, 0.6) is 0 Å². The number of nitrogens with zero attached hydrogens (tertiary/aromatic N) is 5. The van der Waals surface area contributed by atoms with E-state index in [1.54, 1.807) is 11.0 Å². The molecule has 0 aliphatic carbocycles. The fourth-order valence-corrected chi connectivity index (χ4v) is 2.90. The van der Waals surface area contributed by atoms with E-state index in [0.29, 0.717) is 0 Å². The summed E-state index contributed by atoms with van der Waals surface area (Å²) in [6.45, 7) is 5.97. The Labute approximate surface area is 140 Å². The standard InChI is InChI=1S/C16H20ClN5O/c1-13(22-12-18-11-19-22)16(23)21-8-6-20(7-9-21)10-14-2-4-15(17)5-3-14/h2-5,11-13H,6-10H2,1H3/t13-/m0/s1. The molecule has 2 aromatic rings. The molecule has 1 amide bonds. The topological polar surface area (TPSA) is 54.3 Å². The molecule has 6 nitrogen and oxygen atoms in total. The summed E-state index contributed by atoms with van der Waals surface area (Å²) in [4.78, 5) is 20.7. The van der Waals surface area contributed by atoms with E-state index in [0.717, 1.165) is 37.7 Å². The molecular formula is C16H20ClN5O. The molecule has 0 bridgehead atoms. The molecule has 7 heteroatoms. The molecule has 0 saturated carbocycles. The van der Waals surface area contributed by atoms with E-state index in [1.807, 2.05) is 36.1 Å². The largest absolute Gasteiger partial charge is 0.338 e. The van der Waals surface area contributed by atoms with Crippen molar-refractivity contribution in [1.29, 1.82) is 0 Å². The number of piperazine rings is 1. The zero-order valence-corrected chi connectivity index (χ0v) is 13.9. The Balaban J connectivity index is 1.52. The number of amides is 1. The molecule has 1 saturated heterocycles. The maximum atomic E-state index is 12.5. The van der Waals surface area contributed by atoms with Crippen LogP contribution in [-0.2, 0) is 11.3 Å². The highest BCUT2D eigenvalue weighted by atomic mass is 35.5. The molecule has 0 N–H and O–H groups in total. The number of carbonyl (C=O) groups excluding carboxylic acids is 1. The summed E-state index contributed by atoms with van der Waals surface area (Å²) in [5, 5.41) is 4.80. The van der Waals surface area contributed by atoms with E-state index >= 15 is 0 Å². The number of benzene rings is 1. The smallest absolute Gasteiger partial charge is 0.247 e.